The second-order valence-corrected chi connectivity index (χ2v) is 8.60. The monoisotopic (exact) mass is 543 g/mol. The highest BCUT2D eigenvalue weighted by Crippen LogP contribution is 2.20. The molecule has 0 aliphatic rings. The number of hydrogen-bond acceptors (Lipinski definition) is 2. The van der Waals surface area contributed by atoms with E-state index >= 15 is 0 Å². The van der Waals surface area contributed by atoms with E-state index in [1.165, 1.54) is 35.1 Å². The molecule has 0 spiro atoms. The maximum atomic E-state index is 10.2. The van der Waals surface area contributed by atoms with Crippen LogP contribution in [0.2, 0.25) is 0 Å². The van der Waals surface area contributed by atoms with Gasteiger partial charge in [0.05, 0.1) is 6.61 Å². The van der Waals surface area contributed by atoms with Crippen molar-refractivity contribution in [3.63, 3.8) is 0 Å². The summed E-state index contributed by atoms with van der Waals surface area (Å²) in [6.07, 6.45) is 8.62. The second-order valence-electron chi connectivity index (χ2n) is 8.60. The van der Waals surface area contributed by atoms with Crippen LogP contribution >= 0.6 is 0 Å². The number of unbranched alkanes of at least 4 members (excludes halogenated alkanes) is 1. The molecular weight excluding hydrogens is 476 g/mol. The molecule has 0 saturated carbocycles. The highest BCUT2D eigenvalue weighted by molar-refractivity contribution is 5.77. The second kappa shape index (κ2) is 33.7. The van der Waals surface area contributed by atoms with Crippen molar-refractivity contribution in [1.29, 1.82) is 0 Å². The number of allylic oxidation sites excluding steroid dienone is 1. The molecule has 226 valence electrons. The Morgan fingerprint density at radius 3 is 1.49 bits per heavy atom. The Balaban J connectivity index is -0.000000229. The number of carbonyl (C=O) groups is 1. The lowest BCUT2D eigenvalue weighted by Crippen LogP contribution is -1.99. The minimum Gasteiger partial charge on any atom is -0.494 e. The average Bonchev–Trinajstić information content (AvgIpc) is 2.97. The summed E-state index contributed by atoms with van der Waals surface area (Å²) in [6, 6.07) is 15.4. The van der Waals surface area contributed by atoms with Crippen LogP contribution in [0.5, 0.6) is 5.75 Å². The molecular formula is C37H66O2. The summed E-state index contributed by atoms with van der Waals surface area (Å²) in [4.78, 5) is 10.2. The van der Waals surface area contributed by atoms with Crippen LogP contribution < -0.4 is 4.74 Å². The molecule has 2 rings (SSSR count). The van der Waals surface area contributed by atoms with Crippen molar-refractivity contribution in [3.05, 3.63) is 76.9 Å². The van der Waals surface area contributed by atoms with Gasteiger partial charge in [-0.1, -0.05) is 131 Å². The van der Waals surface area contributed by atoms with Gasteiger partial charge in [-0.25, -0.2) is 0 Å². The largest absolute Gasteiger partial charge is 0.494 e. The number of benzene rings is 2. The van der Waals surface area contributed by atoms with E-state index in [1.807, 2.05) is 48.5 Å². The first-order valence-electron chi connectivity index (χ1n) is 15.8. The summed E-state index contributed by atoms with van der Waals surface area (Å²) in [5.41, 5.74) is 6.71. The topological polar surface area (TPSA) is 26.3 Å². The lowest BCUT2D eigenvalue weighted by Gasteiger charge is -2.11. The molecule has 0 heterocycles. The van der Waals surface area contributed by atoms with E-state index in [1.54, 1.807) is 6.92 Å². The van der Waals surface area contributed by atoms with Gasteiger partial charge in [0.25, 0.3) is 0 Å². The minimum atomic E-state index is 0.188. The van der Waals surface area contributed by atoms with Crippen LogP contribution in [0.1, 0.15) is 138 Å². The van der Waals surface area contributed by atoms with Crippen molar-refractivity contribution in [1.82, 2.24) is 0 Å². The van der Waals surface area contributed by atoms with Gasteiger partial charge in [-0.3, -0.25) is 4.79 Å². The van der Waals surface area contributed by atoms with E-state index in [2.05, 4.69) is 83.7 Å². The summed E-state index contributed by atoms with van der Waals surface area (Å²) in [5, 5.41) is 0. The molecule has 2 heteroatoms. The average molecular weight is 543 g/mol. The number of rotatable bonds is 11. The lowest BCUT2D eigenvalue weighted by atomic mass is 10.0. The summed E-state index contributed by atoms with van der Waals surface area (Å²) in [7, 11) is 0. The molecule has 2 aromatic rings. The smallest absolute Gasteiger partial charge is 0.133 e. The minimum absolute atomic E-state index is 0.188. The van der Waals surface area contributed by atoms with Gasteiger partial charge in [-0.05, 0) is 80.3 Å². The normalized spacial score (nSPS) is 8.74. The Labute approximate surface area is 245 Å². The van der Waals surface area contributed by atoms with E-state index in [9.17, 15) is 4.79 Å². The van der Waals surface area contributed by atoms with E-state index in [0.717, 1.165) is 50.0 Å². The molecule has 0 saturated heterocycles. The summed E-state index contributed by atoms with van der Waals surface area (Å²) in [6.45, 7) is 30.8. The first kappa shape index (κ1) is 43.7. The molecule has 2 nitrogen and oxygen atoms in total. The van der Waals surface area contributed by atoms with Gasteiger partial charge in [-0.15, -0.1) is 0 Å². The Morgan fingerprint density at radius 1 is 0.692 bits per heavy atom. The Kier molecular flexibility index (Phi) is 37.7. The molecule has 0 aliphatic carbocycles. The molecule has 2 aromatic carbocycles. The van der Waals surface area contributed by atoms with Crippen LogP contribution in [-0.2, 0) is 30.5 Å². The first-order chi connectivity index (χ1) is 18.8. The zero-order valence-corrected chi connectivity index (χ0v) is 28.4. The zero-order valence-electron chi connectivity index (χ0n) is 28.4. The van der Waals surface area contributed by atoms with E-state index < -0.39 is 0 Å². The fourth-order valence-corrected chi connectivity index (χ4v) is 3.31. The standard InChI is InChI=1S/C15H24O.C10H14.C6H10O.3C2H6/c1-4-7-11-16-15-10-9-13(6-3)14(12-15)8-5-2;1-3-9-5-7-10(4-2)8-6-9;1-5(2)4-6(3)7;3*1-2/h9-10,12H,4-8,11H2,1-3H3;5-8H,3-4H2,1-2H3;1,4H2,2-3H3;3*1-2H3. The lowest BCUT2D eigenvalue weighted by molar-refractivity contribution is -0.116. The van der Waals surface area contributed by atoms with Gasteiger partial charge in [0.2, 0.25) is 0 Å². The van der Waals surface area contributed by atoms with Crippen molar-refractivity contribution in [2.45, 2.75) is 141 Å². The van der Waals surface area contributed by atoms with Gasteiger partial charge in [-0.2, -0.15) is 0 Å². The van der Waals surface area contributed by atoms with E-state index in [0.29, 0.717) is 6.42 Å². The maximum absolute atomic E-state index is 10.2. The van der Waals surface area contributed by atoms with Crippen LogP contribution in [0, 0.1) is 0 Å². The van der Waals surface area contributed by atoms with Crippen LogP contribution in [-0.4, -0.2) is 12.4 Å². The third kappa shape index (κ3) is 27.0. The number of ether oxygens (including phenoxy) is 1. The summed E-state index contributed by atoms with van der Waals surface area (Å²) in [5.74, 6) is 1.22. The highest BCUT2D eigenvalue weighted by atomic mass is 16.5. The fraction of sp³-hybridized carbons (Fsp3) is 0.595. The number of carbonyl (C=O) groups excluding carboxylic acids is 1. The van der Waals surface area contributed by atoms with Crippen LogP contribution in [0.4, 0.5) is 0 Å². The third-order valence-corrected chi connectivity index (χ3v) is 5.23. The van der Waals surface area contributed by atoms with Crippen molar-refractivity contribution in [2.24, 2.45) is 0 Å². The van der Waals surface area contributed by atoms with Crippen molar-refractivity contribution in [3.8, 4) is 5.75 Å². The van der Waals surface area contributed by atoms with Gasteiger partial charge >= 0.3 is 0 Å². The molecule has 0 aliphatic heterocycles. The first-order valence-corrected chi connectivity index (χ1v) is 15.8. The predicted octanol–water partition coefficient (Wildman–Crippen LogP) is 11.8. The van der Waals surface area contributed by atoms with Gasteiger partial charge in [0.1, 0.15) is 11.5 Å². The molecule has 0 amide bonds. The van der Waals surface area contributed by atoms with Crippen molar-refractivity contribution in [2.75, 3.05) is 6.61 Å². The Bertz CT molecular complexity index is 753. The van der Waals surface area contributed by atoms with Crippen LogP contribution in [0.25, 0.3) is 0 Å². The Morgan fingerprint density at radius 2 is 1.18 bits per heavy atom. The number of aryl methyl sites for hydroxylation is 4. The maximum Gasteiger partial charge on any atom is 0.133 e. The fourth-order valence-electron chi connectivity index (χ4n) is 3.31. The molecule has 39 heavy (non-hydrogen) atoms. The number of hydrogen-bond donors (Lipinski definition) is 0. The third-order valence-electron chi connectivity index (χ3n) is 5.23. The number of ketones is 1. The van der Waals surface area contributed by atoms with Gasteiger partial charge < -0.3 is 4.74 Å². The molecule has 0 bridgehead atoms. The SMILES string of the molecule is C=C(C)CC(C)=O.CC.CC.CC.CCCCOc1ccc(CC)c(CCC)c1.CCc1ccc(CC)cc1. The summed E-state index contributed by atoms with van der Waals surface area (Å²) >= 11 is 0. The molecule has 0 aromatic heterocycles. The molecule has 0 unspecified atom stereocenters. The van der Waals surface area contributed by atoms with E-state index in [-0.39, 0.29) is 5.78 Å². The van der Waals surface area contributed by atoms with Crippen LogP contribution in [0.15, 0.2) is 54.6 Å². The summed E-state index contributed by atoms with van der Waals surface area (Å²) < 4.78 is 5.73. The number of Topliss-reactive ketones (excluding diaryl/α,β-unsaturated/α-hetero) is 1. The van der Waals surface area contributed by atoms with Gasteiger partial charge in [0, 0.05) is 6.42 Å². The molecule has 0 N–H and O–H groups in total. The zero-order chi connectivity index (χ0) is 31.1. The van der Waals surface area contributed by atoms with Crippen LogP contribution in [0.3, 0.4) is 0 Å². The quantitative estimate of drug-likeness (QED) is 0.208. The Hall–Kier alpha value is -2.35. The molecule has 0 fully saturated rings. The predicted molar refractivity (Wildman–Crippen MR) is 180 cm³/mol. The van der Waals surface area contributed by atoms with Crippen molar-refractivity contribution < 1.29 is 9.53 Å². The molecule has 0 radical (unpaired) electrons. The van der Waals surface area contributed by atoms with Crippen molar-refractivity contribution >= 4 is 5.78 Å². The highest BCUT2D eigenvalue weighted by Gasteiger charge is 2.02. The molecule has 0 atom stereocenters. The van der Waals surface area contributed by atoms with E-state index in [4.69, 9.17) is 4.74 Å². The van der Waals surface area contributed by atoms with Gasteiger partial charge in [0.15, 0.2) is 0 Å².